The highest BCUT2D eigenvalue weighted by atomic mass is 16.8. The van der Waals surface area contributed by atoms with E-state index in [1.807, 2.05) is 24.3 Å². The first-order valence-electron chi connectivity index (χ1n) is 27.1. The van der Waals surface area contributed by atoms with Gasteiger partial charge < -0.3 is 83.9 Å². The number of hydrogen-bond acceptors (Lipinski definition) is 18. The van der Waals surface area contributed by atoms with Crippen molar-refractivity contribution in [2.24, 2.45) is 56.2 Å². The molecule has 0 radical (unpaired) electrons. The third-order valence-corrected chi connectivity index (χ3v) is 20.8. The molecule has 19 nitrogen and oxygen atoms in total. The van der Waals surface area contributed by atoms with Crippen LogP contribution in [-0.4, -0.2) is 177 Å². The van der Waals surface area contributed by atoms with Crippen LogP contribution in [0, 0.1) is 56.2 Å². The van der Waals surface area contributed by atoms with Crippen LogP contribution in [0.2, 0.25) is 0 Å². The summed E-state index contributed by atoms with van der Waals surface area (Å²) >= 11 is 0. The topological polar surface area (TPSA) is 290 Å². The number of aliphatic hydroxyl groups is 8. The van der Waals surface area contributed by atoms with Crippen LogP contribution in [0.25, 0.3) is 6.08 Å². The molecule has 1 spiro atoms. The SMILES string of the molecule is COc1ccc(/C=C/C(=O)O[C@H]2C[C@]3(C(=O)O)C[C@H]4C[C@]45C(=CC[C@@H]4[C@@]6(C)CC[C@H](O[C@@H]7O[C@H](CO)[C@@H](O)[C@H](O)[C@H]7O[C@@H]7OC[C@@H](O[C@@H]8OC[C@@H](O)[C@H](O)[C@H]8O)[C@H](O)[C@H]7O)C(C)(C)[C@@H]6CC[C@]45C)[C@@H]3CC2(C)C)cc1. The molecule has 5 saturated carbocycles. The minimum Gasteiger partial charge on any atom is -0.497 e. The average Bonchev–Trinajstić information content (AvgIpc) is 4.10. The molecule has 3 aliphatic heterocycles. The van der Waals surface area contributed by atoms with Crippen molar-refractivity contribution in [3.8, 4) is 5.75 Å². The summed E-state index contributed by atoms with van der Waals surface area (Å²) in [6, 6.07) is 7.33. The average molecular weight is 1060 g/mol. The molecule has 0 bridgehead atoms. The zero-order valence-electron chi connectivity index (χ0n) is 44.1. The first-order chi connectivity index (χ1) is 35.4. The van der Waals surface area contributed by atoms with Gasteiger partial charge in [0.05, 0.1) is 38.4 Å². The number of methoxy groups -OCH3 is 1. The van der Waals surface area contributed by atoms with Crippen LogP contribution in [0.4, 0.5) is 0 Å². The molecule has 9 aliphatic rings. The Morgan fingerprint density at radius 3 is 2.12 bits per heavy atom. The van der Waals surface area contributed by atoms with Crippen molar-refractivity contribution >= 4 is 18.0 Å². The van der Waals surface area contributed by atoms with Crippen LogP contribution < -0.4 is 4.74 Å². The zero-order valence-corrected chi connectivity index (χ0v) is 44.1. The van der Waals surface area contributed by atoms with Crippen molar-refractivity contribution < 1.29 is 93.4 Å². The third kappa shape index (κ3) is 8.95. The number of esters is 1. The highest BCUT2D eigenvalue weighted by Crippen LogP contribution is 2.85. The van der Waals surface area contributed by atoms with E-state index in [9.17, 15) is 55.5 Å². The monoisotopic (exact) mass is 1060 g/mol. The molecule has 1 aromatic rings. The second kappa shape index (κ2) is 19.9. The number of carboxylic acids is 1. The molecular formula is C56H80O19. The molecule has 75 heavy (non-hydrogen) atoms. The van der Waals surface area contributed by atoms with Crippen molar-refractivity contribution in [3.05, 3.63) is 47.6 Å². The van der Waals surface area contributed by atoms with Crippen molar-refractivity contribution in [3.63, 3.8) is 0 Å². The van der Waals surface area contributed by atoms with Crippen molar-refractivity contribution in [2.45, 2.75) is 191 Å². The Morgan fingerprint density at radius 2 is 1.43 bits per heavy atom. The molecule has 19 heteroatoms. The van der Waals surface area contributed by atoms with Crippen LogP contribution >= 0.6 is 0 Å². The number of hydrogen-bond donors (Lipinski definition) is 9. The van der Waals surface area contributed by atoms with E-state index in [2.05, 4.69) is 47.6 Å². The summed E-state index contributed by atoms with van der Waals surface area (Å²) in [6.45, 7) is 12.1. The molecular weight excluding hydrogens is 977 g/mol. The highest BCUT2D eigenvalue weighted by molar-refractivity contribution is 5.87. The molecule has 0 unspecified atom stereocenters. The maximum Gasteiger partial charge on any atom is 0.331 e. The van der Waals surface area contributed by atoms with Gasteiger partial charge in [-0.05, 0) is 115 Å². The molecule has 10 rings (SSSR count). The number of allylic oxidation sites excluding steroid dienone is 2. The number of carbonyl (C=O) groups excluding carboxylic acids is 1. The Labute approximate surface area is 438 Å². The van der Waals surface area contributed by atoms with Crippen LogP contribution in [0.15, 0.2) is 42.0 Å². The van der Waals surface area contributed by atoms with Gasteiger partial charge in [0.2, 0.25) is 0 Å². The molecule has 3 saturated heterocycles. The number of rotatable bonds is 12. The van der Waals surface area contributed by atoms with E-state index >= 15 is 0 Å². The van der Waals surface area contributed by atoms with Crippen LogP contribution in [0.5, 0.6) is 5.75 Å². The minimum absolute atomic E-state index is 0.108. The summed E-state index contributed by atoms with van der Waals surface area (Å²) in [6.07, 6.45) is -8.85. The van der Waals surface area contributed by atoms with E-state index in [-0.39, 0.29) is 59.6 Å². The lowest BCUT2D eigenvalue weighted by molar-refractivity contribution is -0.377. The summed E-state index contributed by atoms with van der Waals surface area (Å²) in [4.78, 5) is 27.2. The predicted octanol–water partition coefficient (Wildman–Crippen LogP) is 2.84. The maximum absolute atomic E-state index is 13.8. The Balaban J connectivity index is 0.841. The summed E-state index contributed by atoms with van der Waals surface area (Å²) in [7, 11) is 1.59. The Hall–Kier alpha value is -3.12. The van der Waals surface area contributed by atoms with E-state index in [4.69, 9.17) is 37.9 Å². The molecule has 8 fully saturated rings. The van der Waals surface area contributed by atoms with Crippen LogP contribution in [0.3, 0.4) is 0 Å². The molecule has 0 amide bonds. The minimum atomic E-state index is -1.78. The van der Waals surface area contributed by atoms with Gasteiger partial charge in [0.25, 0.3) is 0 Å². The first kappa shape index (κ1) is 55.2. The number of fused-ring (bicyclic) bond motifs is 5. The third-order valence-electron chi connectivity index (χ3n) is 20.8. The second-order valence-corrected chi connectivity index (χ2v) is 25.4. The largest absolute Gasteiger partial charge is 0.497 e. The second-order valence-electron chi connectivity index (χ2n) is 25.4. The van der Waals surface area contributed by atoms with Gasteiger partial charge >= 0.3 is 11.9 Å². The van der Waals surface area contributed by atoms with Crippen LogP contribution in [-0.2, 0) is 42.7 Å². The number of ether oxygens (including phenoxy) is 8. The molecule has 6 aliphatic carbocycles. The van der Waals surface area contributed by atoms with Gasteiger partial charge in [0.1, 0.15) is 72.9 Å². The summed E-state index contributed by atoms with van der Waals surface area (Å²) < 4.78 is 47.4. The van der Waals surface area contributed by atoms with Crippen molar-refractivity contribution in [2.75, 3.05) is 26.9 Å². The number of aliphatic hydroxyl groups excluding tert-OH is 8. The van der Waals surface area contributed by atoms with Gasteiger partial charge in [0.15, 0.2) is 18.9 Å². The zero-order chi connectivity index (χ0) is 53.9. The van der Waals surface area contributed by atoms with Gasteiger partial charge in [-0.3, -0.25) is 4.79 Å². The van der Waals surface area contributed by atoms with Crippen molar-refractivity contribution in [1.82, 2.24) is 0 Å². The Morgan fingerprint density at radius 1 is 0.733 bits per heavy atom. The number of carboxylic acid groups (broad SMARTS) is 1. The van der Waals surface area contributed by atoms with Gasteiger partial charge in [-0.1, -0.05) is 65.3 Å². The van der Waals surface area contributed by atoms with Gasteiger partial charge in [-0.15, -0.1) is 0 Å². The number of aliphatic carboxylic acids is 1. The van der Waals surface area contributed by atoms with E-state index < -0.39 is 127 Å². The van der Waals surface area contributed by atoms with Crippen LogP contribution in [0.1, 0.15) is 105 Å². The van der Waals surface area contributed by atoms with Gasteiger partial charge in [-0.25, -0.2) is 4.79 Å². The highest BCUT2D eigenvalue weighted by Gasteiger charge is 2.79. The van der Waals surface area contributed by atoms with Gasteiger partial charge in [-0.2, -0.15) is 0 Å². The Kier molecular flexibility index (Phi) is 14.6. The van der Waals surface area contributed by atoms with E-state index in [1.54, 1.807) is 13.2 Å². The normalized spacial score (nSPS) is 48.7. The predicted molar refractivity (Wildman–Crippen MR) is 264 cm³/mol. The number of carbonyl (C=O) groups is 2. The number of benzene rings is 1. The lowest BCUT2D eigenvalue weighted by atomic mass is 9.36. The van der Waals surface area contributed by atoms with Gasteiger partial charge in [0, 0.05) is 23.3 Å². The fourth-order valence-electron chi connectivity index (χ4n) is 16.6. The molecule has 23 atom stereocenters. The van der Waals surface area contributed by atoms with Crippen molar-refractivity contribution in [1.29, 1.82) is 0 Å². The molecule has 3 heterocycles. The molecule has 9 N–H and O–H groups in total. The fraction of sp³-hybridized carbons (Fsp3) is 0.786. The lowest BCUT2D eigenvalue weighted by Gasteiger charge is -2.69. The molecule has 418 valence electrons. The smallest absolute Gasteiger partial charge is 0.331 e. The summed E-state index contributed by atoms with van der Waals surface area (Å²) in [5.74, 6) is -0.189. The summed E-state index contributed by atoms with van der Waals surface area (Å²) in [5, 5.41) is 96.9. The molecule has 1 aromatic carbocycles. The maximum atomic E-state index is 13.8. The Bertz CT molecular complexity index is 2340. The van der Waals surface area contributed by atoms with E-state index in [0.717, 1.165) is 37.7 Å². The summed E-state index contributed by atoms with van der Waals surface area (Å²) in [5.41, 5.74) is -0.312. The quantitative estimate of drug-likeness (QED) is 0.0630. The van der Waals surface area contributed by atoms with E-state index in [1.165, 1.54) is 11.6 Å². The lowest BCUT2D eigenvalue weighted by Crippen LogP contribution is -2.66. The standard InChI is InChI=1S/C56H80O19/c1-51(2)22-31-30-13-14-36-53(5)18-17-37(74-49-46(43(63)41(61)33(24-57)71-49)75-48-45(65)42(62)34(26-70-48)72-47-44(64)40(60)32(58)25-69-47)52(3,4)35(53)16-19-54(36,6)56(30)21-28(56)20-55(31,50(66)67)23-38(51)73-39(59)15-10-27-8-11-29(68-7)12-9-27/h8-13,15,28,31-38,40-49,57-58,60-65H,14,16-26H2,1-7H3,(H,66,67)/b15-10+/t28-,31-,32+,33+,34+,35-,36+,37-,38-,40-,41+,42-,43-,44+,45+,46+,47-,48-,49-,53-,54+,55+,56+/m0/s1. The molecule has 0 aromatic heterocycles. The fourth-order valence-corrected chi connectivity index (χ4v) is 16.6. The van der Waals surface area contributed by atoms with E-state index in [0.29, 0.717) is 25.0 Å². The first-order valence-corrected chi connectivity index (χ1v) is 27.1.